The summed E-state index contributed by atoms with van der Waals surface area (Å²) < 4.78 is 32.5. The van der Waals surface area contributed by atoms with Gasteiger partial charge in [-0.25, -0.2) is 13.1 Å². The smallest absolute Gasteiger partial charge is 0.240 e. The van der Waals surface area contributed by atoms with E-state index in [1.165, 1.54) is 12.1 Å². The highest BCUT2D eigenvalue weighted by atomic mass is 35.5. The first-order chi connectivity index (χ1) is 10.4. The van der Waals surface area contributed by atoms with Gasteiger partial charge in [-0.1, -0.05) is 41.4 Å². The van der Waals surface area contributed by atoms with E-state index in [2.05, 4.69) is 4.72 Å². The number of nitrogens with one attached hydrogen (secondary N) is 1. The fraction of sp³-hybridized carbons (Fsp3) is 0.250. The molecule has 0 fully saturated rings. The molecule has 0 aliphatic rings. The Labute approximate surface area is 136 Å². The van der Waals surface area contributed by atoms with Gasteiger partial charge >= 0.3 is 0 Å². The van der Waals surface area contributed by atoms with E-state index >= 15 is 0 Å². The lowest BCUT2D eigenvalue weighted by Crippen LogP contribution is -2.23. The minimum atomic E-state index is -3.62. The van der Waals surface area contributed by atoms with E-state index in [-0.39, 0.29) is 16.5 Å². The Morgan fingerprint density at radius 2 is 1.95 bits per heavy atom. The van der Waals surface area contributed by atoms with Crippen molar-refractivity contribution in [1.29, 1.82) is 0 Å². The van der Waals surface area contributed by atoms with Gasteiger partial charge in [-0.2, -0.15) is 0 Å². The van der Waals surface area contributed by atoms with Crippen LogP contribution in [-0.4, -0.2) is 15.0 Å². The van der Waals surface area contributed by atoms with Gasteiger partial charge in [-0.05, 0) is 37.6 Å². The Morgan fingerprint density at radius 1 is 1.18 bits per heavy atom. The summed E-state index contributed by atoms with van der Waals surface area (Å²) in [6.45, 7) is 4.50. The first-order valence-electron chi connectivity index (χ1n) is 6.90. The van der Waals surface area contributed by atoms with Crippen molar-refractivity contribution in [2.24, 2.45) is 0 Å². The number of hydrogen-bond acceptors (Lipinski definition) is 3. The molecule has 2 aromatic carbocycles. The third-order valence-electron chi connectivity index (χ3n) is 3.06. The third kappa shape index (κ3) is 4.22. The van der Waals surface area contributed by atoms with E-state index in [0.717, 1.165) is 11.1 Å². The minimum absolute atomic E-state index is 0.119. The van der Waals surface area contributed by atoms with Gasteiger partial charge in [0.15, 0.2) is 0 Å². The van der Waals surface area contributed by atoms with Gasteiger partial charge in [0.1, 0.15) is 5.75 Å². The minimum Gasteiger partial charge on any atom is -0.492 e. The lowest BCUT2D eigenvalue weighted by molar-refractivity contribution is 0.340. The average Bonchev–Trinajstić information content (AvgIpc) is 2.47. The standard InChI is InChI=1S/C16H18ClNO3S/c1-3-21-16-8-7-14(10-15(16)17)22(19,20)18-11-13-6-4-5-12(2)9-13/h4-10,18H,3,11H2,1-2H3. The normalized spacial score (nSPS) is 11.4. The molecule has 0 aromatic heterocycles. The van der Waals surface area contributed by atoms with Crippen LogP contribution in [0, 0.1) is 6.92 Å². The molecule has 4 nitrogen and oxygen atoms in total. The summed E-state index contributed by atoms with van der Waals surface area (Å²) >= 11 is 6.03. The highest BCUT2D eigenvalue weighted by Crippen LogP contribution is 2.27. The van der Waals surface area contributed by atoms with Crippen LogP contribution in [0.15, 0.2) is 47.4 Å². The summed E-state index contributed by atoms with van der Waals surface area (Å²) in [5.74, 6) is 0.474. The first kappa shape index (κ1) is 16.8. The summed E-state index contributed by atoms with van der Waals surface area (Å²) in [5, 5.41) is 0.278. The lowest BCUT2D eigenvalue weighted by atomic mass is 10.1. The van der Waals surface area contributed by atoms with Crippen molar-refractivity contribution in [2.45, 2.75) is 25.3 Å². The molecule has 0 unspecified atom stereocenters. The zero-order valence-corrected chi connectivity index (χ0v) is 14.0. The van der Waals surface area contributed by atoms with Crippen LogP contribution in [0.3, 0.4) is 0 Å². The molecule has 6 heteroatoms. The number of hydrogen-bond donors (Lipinski definition) is 1. The van der Waals surface area contributed by atoms with Gasteiger partial charge in [0.05, 0.1) is 16.5 Å². The van der Waals surface area contributed by atoms with Crippen LogP contribution in [0.4, 0.5) is 0 Å². The fourth-order valence-corrected chi connectivity index (χ4v) is 3.35. The van der Waals surface area contributed by atoms with Gasteiger partial charge in [0.2, 0.25) is 10.0 Å². The van der Waals surface area contributed by atoms with Crippen LogP contribution in [0.25, 0.3) is 0 Å². The maximum atomic E-state index is 12.3. The van der Waals surface area contributed by atoms with Gasteiger partial charge in [-0.3, -0.25) is 0 Å². The molecule has 0 amide bonds. The number of aryl methyl sites for hydroxylation is 1. The second-order valence-electron chi connectivity index (χ2n) is 4.84. The van der Waals surface area contributed by atoms with Crippen molar-refractivity contribution >= 4 is 21.6 Å². The van der Waals surface area contributed by atoms with E-state index in [1.54, 1.807) is 6.07 Å². The van der Waals surface area contributed by atoms with Crippen molar-refractivity contribution in [1.82, 2.24) is 4.72 Å². The second-order valence-corrected chi connectivity index (χ2v) is 7.01. The summed E-state index contributed by atoms with van der Waals surface area (Å²) in [6.07, 6.45) is 0. The maximum absolute atomic E-state index is 12.3. The second kappa shape index (κ2) is 7.13. The summed E-state index contributed by atoms with van der Waals surface area (Å²) in [5.41, 5.74) is 1.99. The Hall–Kier alpha value is -1.56. The molecule has 118 valence electrons. The lowest BCUT2D eigenvalue weighted by Gasteiger charge is -2.10. The van der Waals surface area contributed by atoms with Crippen LogP contribution in [-0.2, 0) is 16.6 Å². The number of ether oxygens (including phenoxy) is 1. The largest absolute Gasteiger partial charge is 0.492 e. The van der Waals surface area contributed by atoms with Crippen molar-refractivity contribution in [3.05, 3.63) is 58.6 Å². The van der Waals surface area contributed by atoms with Gasteiger partial charge < -0.3 is 4.74 Å². The Balaban J connectivity index is 2.15. The third-order valence-corrected chi connectivity index (χ3v) is 4.76. The monoisotopic (exact) mass is 339 g/mol. The fourth-order valence-electron chi connectivity index (χ4n) is 2.01. The molecular weight excluding hydrogens is 322 g/mol. The molecular formula is C16H18ClNO3S. The molecule has 0 saturated carbocycles. The zero-order valence-electron chi connectivity index (χ0n) is 12.5. The van der Waals surface area contributed by atoms with Gasteiger partial charge in [0, 0.05) is 6.54 Å². The van der Waals surface area contributed by atoms with Crippen molar-refractivity contribution < 1.29 is 13.2 Å². The van der Waals surface area contributed by atoms with Crippen LogP contribution >= 0.6 is 11.6 Å². The molecule has 22 heavy (non-hydrogen) atoms. The molecule has 0 bridgehead atoms. The van der Waals surface area contributed by atoms with Crippen LogP contribution in [0.2, 0.25) is 5.02 Å². The Kier molecular flexibility index (Phi) is 5.45. The molecule has 0 heterocycles. The molecule has 0 aliphatic carbocycles. The molecule has 0 aliphatic heterocycles. The SMILES string of the molecule is CCOc1ccc(S(=O)(=O)NCc2cccc(C)c2)cc1Cl. The van der Waals surface area contributed by atoms with E-state index in [0.29, 0.717) is 12.4 Å². The van der Waals surface area contributed by atoms with E-state index in [9.17, 15) is 8.42 Å². The summed E-state index contributed by atoms with van der Waals surface area (Å²) in [6, 6.07) is 12.1. The Morgan fingerprint density at radius 3 is 2.59 bits per heavy atom. The van der Waals surface area contributed by atoms with Crippen molar-refractivity contribution in [3.8, 4) is 5.75 Å². The van der Waals surface area contributed by atoms with Crippen LogP contribution in [0.5, 0.6) is 5.75 Å². The van der Waals surface area contributed by atoms with E-state index in [1.807, 2.05) is 38.1 Å². The van der Waals surface area contributed by atoms with E-state index < -0.39 is 10.0 Å². The Bertz CT molecular complexity index is 760. The van der Waals surface area contributed by atoms with Gasteiger partial charge in [-0.15, -0.1) is 0 Å². The number of sulfonamides is 1. The number of benzene rings is 2. The highest BCUT2D eigenvalue weighted by molar-refractivity contribution is 7.89. The molecule has 0 spiro atoms. The van der Waals surface area contributed by atoms with Crippen molar-refractivity contribution in [2.75, 3.05) is 6.61 Å². The molecule has 1 N–H and O–H groups in total. The first-order valence-corrected chi connectivity index (χ1v) is 8.76. The molecule has 0 radical (unpaired) electrons. The summed E-state index contributed by atoms with van der Waals surface area (Å²) in [7, 11) is -3.62. The predicted octanol–water partition coefficient (Wildman–Crippen LogP) is 3.53. The highest BCUT2D eigenvalue weighted by Gasteiger charge is 2.16. The molecule has 0 saturated heterocycles. The van der Waals surface area contributed by atoms with Crippen LogP contribution < -0.4 is 9.46 Å². The molecule has 2 rings (SSSR count). The van der Waals surface area contributed by atoms with Crippen molar-refractivity contribution in [3.63, 3.8) is 0 Å². The van der Waals surface area contributed by atoms with E-state index in [4.69, 9.17) is 16.3 Å². The van der Waals surface area contributed by atoms with Gasteiger partial charge in [0.25, 0.3) is 0 Å². The average molecular weight is 340 g/mol. The topological polar surface area (TPSA) is 55.4 Å². The number of rotatable bonds is 6. The van der Waals surface area contributed by atoms with Crippen LogP contribution in [0.1, 0.15) is 18.1 Å². The molecule has 2 aromatic rings. The quantitative estimate of drug-likeness (QED) is 0.876. The molecule has 0 atom stereocenters. The maximum Gasteiger partial charge on any atom is 0.240 e. The number of halogens is 1. The zero-order chi connectivity index (χ0) is 16.2. The predicted molar refractivity (Wildman–Crippen MR) is 87.8 cm³/mol. The summed E-state index contributed by atoms with van der Waals surface area (Å²) in [4.78, 5) is 0.119.